The zero-order valence-electron chi connectivity index (χ0n) is 16.1. The second-order valence-electron chi connectivity index (χ2n) is 7.31. The molecule has 0 radical (unpaired) electrons. The minimum Gasteiger partial charge on any atom is -0.483 e. The third kappa shape index (κ3) is 5.70. The molecule has 1 heterocycles. The number of benzene rings is 1. The molecule has 3 rings (SSSR count). The fraction of sp³-hybridized carbons (Fsp3) is 0.455. The highest BCUT2D eigenvalue weighted by Crippen LogP contribution is 2.17. The van der Waals surface area contributed by atoms with E-state index in [-0.39, 0.29) is 42.9 Å². The Hall–Kier alpha value is -2.60. The van der Waals surface area contributed by atoms with E-state index >= 15 is 0 Å². The second-order valence-corrected chi connectivity index (χ2v) is 7.31. The monoisotopic (exact) mass is 384 g/mol. The fourth-order valence-corrected chi connectivity index (χ4v) is 3.57. The molecule has 1 amide bonds. The van der Waals surface area contributed by atoms with Crippen LogP contribution >= 0.6 is 0 Å². The van der Waals surface area contributed by atoms with Crippen molar-refractivity contribution in [3.63, 3.8) is 0 Å². The van der Waals surface area contributed by atoms with Crippen LogP contribution in [-0.2, 0) is 24.6 Å². The first kappa shape index (κ1) is 20.1. The van der Waals surface area contributed by atoms with Gasteiger partial charge in [-0.3, -0.25) is 9.59 Å². The zero-order chi connectivity index (χ0) is 19.8. The highest BCUT2D eigenvalue weighted by Gasteiger charge is 2.16. The van der Waals surface area contributed by atoms with Crippen molar-refractivity contribution in [1.82, 2.24) is 9.88 Å². The standard InChI is InChI=1S/C22H28N2O4/c25-15-19-12-20(26)21(28-16-17-8-4-3-5-9-17)13-24(19)14-22(27)23-18-10-6-1-2-7-11-18/h3-5,8-9,12-13,18,25H,1-2,6-7,10-11,14-16H2,(H,23,27). The number of aliphatic hydroxyl groups excluding tert-OH is 1. The first-order valence-corrected chi connectivity index (χ1v) is 9.96. The van der Waals surface area contributed by atoms with Crippen LogP contribution in [0.3, 0.4) is 0 Å². The van der Waals surface area contributed by atoms with Crippen LogP contribution in [0.2, 0.25) is 0 Å². The van der Waals surface area contributed by atoms with Crippen molar-refractivity contribution in [2.75, 3.05) is 0 Å². The molecule has 1 aromatic carbocycles. The van der Waals surface area contributed by atoms with E-state index in [0.29, 0.717) is 5.69 Å². The number of aromatic nitrogens is 1. The second kappa shape index (κ2) is 10.1. The van der Waals surface area contributed by atoms with Crippen molar-refractivity contribution >= 4 is 5.91 Å². The predicted octanol–water partition coefficient (Wildman–Crippen LogP) is 2.76. The van der Waals surface area contributed by atoms with Crippen LogP contribution in [0.15, 0.2) is 47.4 Å². The van der Waals surface area contributed by atoms with Crippen molar-refractivity contribution < 1.29 is 14.6 Å². The summed E-state index contributed by atoms with van der Waals surface area (Å²) in [4.78, 5) is 24.8. The third-order valence-corrected chi connectivity index (χ3v) is 5.12. The molecule has 0 aliphatic heterocycles. The number of aliphatic hydroxyl groups is 1. The van der Waals surface area contributed by atoms with Crippen LogP contribution in [0.5, 0.6) is 5.75 Å². The molecule has 0 spiro atoms. The summed E-state index contributed by atoms with van der Waals surface area (Å²) in [6, 6.07) is 11.1. The molecule has 1 aliphatic carbocycles. The maximum absolute atomic E-state index is 12.5. The molecule has 150 valence electrons. The molecule has 1 aromatic heterocycles. The number of nitrogens with one attached hydrogen (secondary N) is 1. The predicted molar refractivity (Wildman–Crippen MR) is 107 cm³/mol. The van der Waals surface area contributed by atoms with Crippen LogP contribution < -0.4 is 15.5 Å². The molecule has 6 heteroatoms. The SMILES string of the molecule is O=C(Cn1cc(OCc2ccccc2)c(=O)cc1CO)NC1CCCCCC1. The number of pyridine rings is 1. The number of nitrogens with zero attached hydrogens (tertiary/aromatic N) is 1. The molecule has 0 atom stereocenters. The van der Waals surface area contributed by atoms with E-state index in [1.54, 1.807) is 4.57 Å². The Labute approximate surface area is 165 Å². The summed E-state index contributed by atoms with van der Waals surface area (Å²) in [6.45, 7) is 0.00209. The Morgan fingerprint density at radius 3 is 2.54 bits per heavy atom. The van der Waals surface area contributed by atoms with Crippen LogP contribution in [0, 0.1) is 0 Å². The van der Waals surface area contributed by atoms with Gasteiger partial charge >= 0.3 is 0 Å². The van der Waals surface area contributed by atoms with Crippen LogP contribution in [0.25, 0.3) is 0 Å². The highest BCUT2D eigenvalue weighted by atomic mass is 16.5. The Bertz CT molecular complexity index is 824. The smallest absolute Gasteiger partial charge is 0.240 e. The molecule has 1 aliphatic rings. The van der Waals surface area contributed by atoms with Gasteiger partial charge in [0.05, 0.1) is 12.8 Å². The lowest BCUT2D eigenvalue weighted by Gasteiger charge is -2.18. The van der Waals surface area contributed by atoms with Gasteiger partial charge in [-0.15, -0.1) is 0 Å². The molecular formula is C22H28N2O4. The van der Waals surface area contributed by atoms with E-state index in [1.807, 2.05) is 30.3 Å². The number of carbonyl (C=O) groups is 1. The quantitative estimate of drug-likeness (QED) is 0.720. The van der Waals surface area contributed by atoms with E-state index in [4.69, 9.17) is 4.74 Å². The summed E-state index contributed by atoms with van der Waals surface area (Å²) >= 11 is 0. The van der Waals surface area contributed by atoms with Gasteiger partial charge in [-0.1, -0.05) is 56.0 Å². The van der Waals surface area contributed by atoms with E-state index < -0.39 is 0 Å². The Balaban J connectivity index is 1.68. The number of hydrogen-bond acceptors (Lipinski definition) is 4. The summed E-state index contributed by atoms with van der Waals surface area (Å²) in [6.07, 6.45) is 8.27. The summed E-state index contributed by atoms with van der Waals surface area (Å²) in [5.41, 5.74) is 1.04. The summed E-state index contributed by atoms with van der Waals surface area (Å²) in [5.74, 6) is 0.0579. The van der Waals surface area contributed by atoms with Crippen molar-refractivity contribution in [2.45, 2.75) is 64.3 Å². The lowest BCUT2D eigenvalue weighted by atomic mass is 10.1. The molecule has 6 nitrogen and oxygen atoms in total. The Morgan fingerprint density at radius 1 is 1.14 bits per heavy atom. The van der Waals surface area contributed by atoms with E-state index in [9.17, 15) is 14.7 Å². The number of hydrogen-bond donors (Lipinski definition) is 2. The topological polar surface area (TPSA) is 80.6 Å². The minimum absolute atomic E-state index is 0.0500. The number of carbonyl (C=O) groups excluding carboxylic acids is 1. The van der Waals surface area contributed by atoms with Gasteiger partial charge in [0.25, 0.3) is 0 Å². The van der Waals surface area contributed by atoms with Crippen molar-refractivity contribution in [3.8, 4) is 5.75 Å². The number of rotatable bonds is 7. The van der Waals surface area contributed by atoms with E-state index in [0.717, 1.165) is 31.2 Å². The van der Waals surface area contributed by atoms with Gasteiger partial charge in [-0.2, -0.15) is 0 Å². The maximum Gasteiger partial charge on any atom is 0.240 e. The average molecular weight is 384 g/mol. The molecular weight excluding hydrogens is 356 g/mol. The van der Waals surface area contributed by atoms with Gasteiger partial charge in [-0.05, 0) is 18.4 Å². The van der Waals surface area contributed by atoms with Crippen LogP contribution in [-0.4, -0.2) is 21.6 Å². The average Bonchev–Trinajstić information content (AvgIpc) is 2.97. The minimum atomic E-state index is -0.315. The van der Waals surface area contributed by atoms with Gasteiger partial charge in [0.2, 0.25) is 11.3 Å². The Morgan fingerprint density at radius 2 is 1.86 bits per heavy atom. The van der Waals surface area contributed by atoms with Gasteiger partial charge in [-0.25, -0.2) is 0 Å². The third-order valence-electron chi connectivity index (χ3n) is 5.12. The summed E-state index contributed by atoms with van der Waals surface area (Å²) in [7, 11) is 0. The lowest BCUT2D eigenvalue weighted by molar-refractivity contribution is -0.122. The first-order valence-electron chi connectivity index (χ1n) is 9.96. The number of amides is 1. The maximum atomic E-state index is 12.5. The highest BCUT2D eigenvalue weighted by molar-refractivity contribution is 5.76. The molecule has 2 aromatic rings. The lowest BCUT2D eigenvalue weighted by Crippen LogP contribution is -2.37. The molecule has 1 saturated carbocycles. The van der Waals surface area contributed by atoms with Gasteiger partial charge in [0.1, 0.15) is 13.2 Å². The van der Waals surface area contributed by atoms with E-state index in [2.05, 4.69) is 5.32 Å². The Kier molecular flexibility index (Phi) is 7.25. The zero-order valence-corrected chi connectivity index (χ0v) is 16.1. The molecule has 1 fully saturated rings. The normalized spacial score (nSPS) is 15.0. The van der Waals surface area contributed by atoms with Gasteiger partial charge in [0.15, 0.2) is 5.75 Å². The molecule has 0 unspecified atom stereocenters. The van der Waals surface area contributed by atoms with Gasteiger partial charge < -0.3 is 19.7 Å². The van der Waals surface area contributed by atoms with Crippen molar-refractivity contribution in [2.24, 2.45) is 0 Å². The molecule has 0 saturated heterocycles. The summed E-state index contributed by atoms with van der Waals surface area (Å²) < 4.78 is 7.26. The van der Waals surface area contributed by atoms with Crippen molar-refractivity contribution in [3.05, 3.63) is 64.1 Å². The largest absolute Gasteiger partial charge is 0.483 e. The van der Waals surface area contributed by atoms with Crippen LogP contribution in [0.1, 0.15) is 49.8 Å². The molecule has 2 N–H and O–H groups in total. The number of ether oxygens (including phenoxy) is 1. The first-order chi connectivity index (χ1) is 13.7. The fourth-order valence-electron chi connectivity index (χ4n) is 3.57. The van der Waals surface area contributed by atoms with E-state index in [1.165, 1.54) is 25.1 Å². The summed E-state index contributed by atoms with van der Waals surface area (Å²) in [5, 5.41) is 12.7. The van der Waals surface area contributed by atoms with Gasteiger partial charge in [0, 0.05) is 17.8 Å². The van der Waals surface area contributed by atoms with Crippen molar-refractivity contribution in [1.29, 1.82) is 0 Å². The molecule has 28 heavy (non-hydrogen) atoms. The molecule has 0 bridgehead atoms. The van der Waals surface area contributed by atoms with Crippen LogP contribution in [0.4, 0.5) is 0 Å².